The predicted octanol–water partition coefficient (Wildman–Crippen LogP) is 6.97. The first-order chi connectivity index (χ1) is 22.2. The Balaban J connectivity index is 1.48. The Bertz CT molecular complexity index is 2180. The molecule has 0 unspecified atom stereocenters. The molecule has 0 fully saturated rings. The number of anilines is 1. The average Bonchev–Trinajstić information content (AvgIpc) is 3.34. The lowest BCUT2D eigenvalue weighted by molar-refractivity contribution is -0.113. The summed E-state index contributed by atoms with van der Waals surface area (Å²) in [5, 5.41) is 2.96. The fraction of sp³-hybridized carbons (Fsp3) is 0.114. The second kappa shape index (κ2) is 13.7. The molecule has 1 aromatic heterocycles. The maximum absolute atomic E-state index is 14.4. The van der Waals surface area contributed by atoms with Gasteiger partial charge in [0.05, 0.1) is 32.5 Å². The number of nitrogens with one attached hydrogen (secondary N) is 1. The summed E-state index contributed by atoms with van der Waals surface area (Å²) in [5.74, 6) is 0.392. The zero-order valence-corrected chi connectivity index (χ0v) is 29.2. The number of allylic oxidation sites excluding steroid dienone is 1. The van der Waals surface area contributed by atoms with E-state index in [9.17, 15) is 14.0 Å². The van der Waals surface area contributed by atoms with Crippen molar-refractivity contribution in [3.8, 4) is 11.5 Å². The number of amides is 1. The Morgan fingerprint density at radius 3 is 2.61 bits per heavy atom. The first-order valence-corrected chi connectivity index (χ1v) is 16.8. The molecule has 1 atom stereocenters. The van der Waals surface area contributed by atoms with Crippen LogP contribution < -0.4 is 29.7 Å². The van der Waals surface area contributed by atoms with Crippen LogP contribution in [0, 0.1) is 9.39 Å². The van der Waals surface area contributed by atoms with Crippen molar-refractivity contribution in [1.29, 1.82) is 0 Å². The maximum Gasteiger partial charge on any atom is 0.271 e. The number of methoxy groups -OCH3 is 1. The normalized spacial score (nSPS) is 14.5. The van der Waals surface area contributed by atoms with Crippen LogP contribution >= 0.6 is 49.9 Å². The van der Waals surface area contributed by atoms with Gasteiger partial charge in [-0.2, -0.15) is 0 Å². The Kier molecular flexibility index (Phi) is 9.52. The number of aromatic nitrogens is 1. The van der Waals surface area contributed by atoms with Crippen LogP contribution in [-0.4, -0.2) is 17.6 Å². The molecule has 1 amide bonds. The lowest BCUT2D eigenvalue weighted by Crippen LogP contribution is -2.40. The molecular formula is C35H26BrFIN3O4S. The summed E-state index contributed by atoms with van der Waals surface area (Å²) in [6, 6.07) is 25.9. The van der Waals surface area contributed by atoms with E-state index in [1.165, 1.54) is 17.4 Å². The first kappa shape index (κ1) is 31.9. The Morgan fingerprint density at radius 2 is 1.85 bits per heavy atom. The van der Waals surface area contributed by atoms with Crippen molar-refractivity contribution in [2.75, 3.05) is 12.4 Å². The molecule has 11 heteroatoms. The van der Waals surface area contributed by atoms with Gasteiger partial charge in [-0.3, -0.25) is 14.2 Å². The largest absolute Gasteiger partial charge is 0.497 e. The summed E-state index contributed by atoms with van der Waals surface area (Å²) in [7, 11) is 1.57. The van der Waals surface area contributed by atoms with E-state index in [4.69, 9.17) is 14.5 Å². The van der Waals surface area contributed by atoms with Crippen molar-refractivity contribution >= 4 is 67.5 Å². The average molecular weight is 810 g/mol. The zero-order chi connectivity index (χ0) is 32.4. The third kappa shape index (κ3) is 6.58. The number of halogens is 3. The van der Waals surface area contributed by atoms with Crippen molar-refractivity contribution in [2.45, 2.75) is 19.6 Å². The second-order valence-electron chi connectivity index (χ2n) is 10.4. The van der Waals surface area contributed by atoms with Crippen LogP contribution in [0.15, 0.2) is 117 Å². The number of rotatable bonds is 8. The van der Waals surface area contributed by atoms with Crippen LogP contribution in [0.5, 0.6) is 11.5 Å². The number of carbonyl (C=O) groups excluding carboxylic acids is 1. The van der Waals surface area contributed by atoms with Crippen molar-refractivity contribution in [1.82, 2.24) is 4.57 Å². The highest BCUT2D eigenvalue weighted by Crippen LogP contribution is 2.34. The highest BCUT2D eigenvalue weighted by molar-refractivity contribution is 14.1. The van der Waals surface area contributed by atoms with Crippen LogP contribution in [0.25, 0.3) is 6.08 Å². The molecule has 1 N–H and O–H groups in total. The zero-order valence-electron chi connectivity index (χ0n) is 24.6. The molecule has 6 rings (SSSR count). The Morgan fingerprint density at radius 1 is 1.09 bits per heavy atom. The molecule has 7 nitrogen and oxygen atoms in total. The van der Waals surface area contributed by atoms with Gasteiger partial charge in [0.1, 0.15) is 23.9 Å². The topological polar surface area (TPSA) is 81.9 Å². The highest BCUT2D eigenvalue weighted by atomic mass is 127. The number of hydrogen-bond acceptors (Lipinski definition) is 6. The third-order valence-electron chi connectivity index (χ3n) is 7.36. The molecule has 0 bridgehead atoms. The van der Waals surface area contributed by atoms with Crippen LogP contribution in [-0.2, 0) is 11.4 Å². The number of benzene rings is 4. The fourth-order valence-corrected chi connectivity index (χ4v) is 7.95. The van der Waals surface area contributed by atoms with Gasteiger partial charge in [0.25, 0.3) is 11.5 Å². The van der Waals surface area contributed by atoms with Crippen LogP contribution in [0.1, 0.15) is 29.7 Å². The molecule has 0 saturated heterocycles. The summed E-state index contributed by atoms with van der Waals surface area (Å²) in [5.41, 5.74) is 2.91. The molecule has 5 aromatic rings. The summed E-state index contributed by atoms with van der Waals surface area (Å²) in [6.45, 7) is 1.79. The number of thiazole rings is 1. The molecule has 0 saturated carbocycles. The molecule has 232 valence electrons. The molecule has 0 radical (unpaired) electrons. The highest BCUT2D eigenvalue weighted by Gasteiger charge is 2.33. The molecular weight excluding hydrogens is 784 g/mol. The lowest BCUT2D eigenvalue weighted by Gasteiger charge is -2.25. The first-order valence-electron chi connectivity index (χ1n) is 14.1. The fourth-order valence-electron chi connectivity index (χ4n) is 5.21. The summed E-state index contributed by atoms with van der Waals surface area (Å²) in [6.07, 6.45) is 1.75. The number of ether oxygens (including phenoxy) is 2. The summed E-state index contributed by atoms with van der Waals surface area (Å²) < 4.78 is 29.5. The molecule has 46 heavy (non-hydrogen) atoms. The van der Waals surface area contributed by atoms with E-state index >= 15 is 0 Å². The van der Waals surface area contributed by atoms with E-state index in [1.54, 1.807) is 55.0 Å². The molecule has 0 aliphatic carbocycles. The quantitative estimate of drug-likeness (QED) is 0.172. The minimum Gasteiger partial charge on any atom is -0.497 e. The van der Waals surface area contributed by atoms with E-state index in [-0.39, 0.29) is 23.9 Å². The van der Waals surface area contributed by atoms with Gasteiger partial charge in [-0.05, 0) is 83.6 Å². The standard InChI is InChI=1S/C35H26BrFIN3O4S/c1-20-30(33(42)40-25-11-4-3-5-12-25)31(21-10-8-13-26(16-21)44-2)41-34(43)29(46-35(41)39-20)17-23-15-24(36)18-28(38)32(23)45-19-22-9-6-7-14-27(22)37/h3-18,31H,19H2,1-2H3,(H,40,42)/b29-17-/t31-/m0/s1. The molecule has 4 aromatic carbocycles. The van der Waals surface area contributed by atoms with E-state index in [0.29, 0.717) is 54.5 Å². The van der Waals surface area contributed by atoms with Gasteiger partial charge in [0, 0.05) is 21.3 Å². The minimum absolute atomic E-state index is 0.0152. The predicted molar refractivity (Wildman–Crippen MR) is 189 cm³/mol. The van der Waals surface area contributed by atoms with Gasteiger partial charge in [-0.15, -0.1) is 0 Å². The van der Waals surface area contributed by atoms with Crippen LogP contribution in [0.3, 0.4) is 0 Å². The monoisotopic (exact) mass is 809 g/mol. The van der Waals surface area contributed by atoms with Gasteiger partial charge in [0.2, 0.25) is 0 Å². The van der Waals surface area contributed by atoms with E-state index in [2.05, 4.69) is 43.8 Å². The molecule has 2 heterocycles. The van der Waals surface area contributed by atoms with Crippen LogP contribution in [0.2, 0.25) is 0 Å². The van der Waals surface area contributed by atoms with Crippen molar-refractivity contribution in [3.05, 3.63) is 153 Å². The number of hydrogen-bond donors (Lipinski definition) is 1. The Hall–Kier alpha value is -4.07. The molecule has 1 aliphatic rings. The number of nitrogens with zero attached hydrogens (tertiary/aromatic N) is 2. The second-order valence-corrected chi connectivity index (χ2v) is 13.5. The van der Waals surface area contributed by atoms with Crippen molar-refractivity contribution in [2.24, 2.45) is 4.99 Å². The maximum atomic E-state index is 14.4. The third-order valence-corrected chi connectivity index (χ3v) is 9.60. The summed E-state index contributed by atoms with van der Waals surface area (Å²) >= 11 is 6.94. The SMILES string of the molecule is COc1cccc([C@H]2C(C(=O)Nc3ccccc3)=C(C)N=c3s/c(=C\c4cc(Br)cc(I)c4OCc4ccccc4F)c(=O)n32)c1. The Labute approximate surface area is 290 Å². The number of fused-ring (bicyclic) bond motifs is 1. The summed E-state index contributed by atoms with van der Waals surface area (Å²) in [4.78, 5) is 33.3. The van der Waals surface area contributed by atoms with E-state index in [0.717, 1.165) is 8.04 Å². The minimum atomic E-state index is -0.767. The smallest absolute Gasteiger partial charge is 0.271 e. The van der Waals surface area contributed by atoms with Gasteiger partial charge >= 0.3 is 0 Å². The van der Waals surface area contributed by atoms with Gasteiger partial charge in [-0.25, -0.2) is 9.38 Å². The number of carbonyl (C=O) groups is 1. The van der Waals surface area contributed by atoms with Crippen LogP contribution in [0.4, 0.5) is 10.1 Å². The lowest BCUT2D eigenvalue weighted by atomic mass is 9.95. The van der Waals surface area contributed by atoms with Crippen molar-refractivity contribution < 1.29 is 18.7 Å². The van der Waals surface area contributed by atoms with Gasteiger partial charge in [0.15, 0.2) is 4.80 Å². The molecule has 1 aliphatic heterocycles. The van der Waals surface area contributed by atoms with Crippen molar-refractivity contribution in [3.63, 3.8) is 0 Å². The van der Waals surface area contributed by atoms with E-state index in [1.807, 2.05) is 54.6 Å². The van der Waals surface area contributed by atoms with Gasteiger partial charge in [-0.1, -0.05) is 75.8 Å². The number of para-hydroxylation sites is 1. The van der Waals surface area contributed by atoms with Gasteiger partial charge < -0.3 is 14.8 Å². The molecule has 0 spiro atoms. The van der Waals surface area contributed by atoms with E-state index < -0.39 is 6.04 Å².